The van der Waals surface area contributed by atoms with Crippen LogP contribution in [0.25, 0.3) is 0 Å². The largest absolute Gasteiger partial charge is 0.481 e. The summed E-state index contributed by atoms with van der Waals surface area (Å²) in [6.07, 6.45) is 7.27. The van der Waals surface area contributed by atoms with E-state index in [1.165, 1.54) is 16.7 Å². The Balaban J connectivity index is 1.31. The van der Waals surface area contributed by atoms with Gasteiger partial charge in [-0.2, -0.15) is 0 Å². The monoisotopic (exact) mass is 447 g/mol. The number of carboxylic acid groups (broad SMARTS) is 1. The van der Waals surface area contributed by atoms with Crippen molar-refractivity contribution in [3.63, 3.8) is 0 Å². The van der Waals surface area contributed by atoms with Gasteiger partial charge in [-0.3, -0.25) is 4.79 Å². The van der Waals surface area contributed by atoms with Gasteiger partial charge in [-0.15, -0.1) is 0 Å². The molecule has 1 fully saturated rings. The quantitative estimate of drug-likeness (QED) is 0.645. The van der Waals surface area contributed by atoms with Gasteiger partial charge in [0.2, 0.25) is 5.88 Å². The van der Waals surface area contributed by atoms with Crippen molar-refractivity contribution in [2.75, 3.05) is 48.4 Å². The Hall–Kier alpha value is -3.68. The second-order valence-corrected chi connectivity index (χ2v) is 8.78. The number of pyridine rings is 1. The molecule has 1 aromatic carbocycles. The molecule has 3 aliphatic rings. The number of dihydropyridines is 1. The van der Waals surface area contributed by atoms with Crippen LogP contribution in [0.4, 0.5) is 17.1 Å². The van der Waals surface area contributed by atoms with Gasteiger partial charge < -0.3 is 30.3 Å². The lowest BCUT2D eigenvalue weighted by Crippen LogP contribution is -2.40. The molecule has 8 heteroatoms. The summed E-state index contributed by atoms with van der Waals surface area (Å²) >= 11 is 0. The molecular formula is C25H29N5O3. The third-order valence-corrected chi connectivity index (χ3v) is 6.50. The molecule has 3 N–H and O–H groups in total. The van der Waals surface area contributed by atoms with Crippen LogP contribution in [0.1, 0.15) is 17.5 Å². The number of nitrogens with one attached hydrogen (secondary N) is 2. The molecule has 1 saturated heterocycles. The van der Waals surface area contributed by atoms with E-state index >= 15 is 0 Å². The normalized spacial score (nSPS) is 19.4. The molecule has 33 heavy (non-hydrogen) atoms. The van der Waals surface area contributed by atoms with Crippen molar-refractivity contribution in [2.24, 2.45) is 0 Å². The number of carboxylic acids is 1. The zero-order chi connectivity index (χ0) is 22.9. The lowest BCUT2D eigenvalue weighted by Gasteiger charge is -2.37. The molecule has 0 bridgehead atoms. The second-order valence-electron chi connectivity index (χ2n) is 8.78. The highest BCUT2D eigenvalue weighted by molar-refractivity contribution is 5.72. The van der Waals surface area contributed by atoms with Crippen LogP contribution in [0, 0.1) is 6.92 Å². The average molecular weight is 448 g/mol. The maximum absolute atomic E-state index is 10.9. The molecule has 172 valence electrons. The topological polar surface area (TPSA) is 90.0 Å². The highest BCUT2D eigenvalue weighted by Gasteiger charge is 2.27. The SMILES string of the molecule is Cc1c(N2CCC3=CNC(Nc4ccc(CC(=O)O)cc4)C=C3C2)cnc2c1N(C)CCO2. The van der Waals surface area contributed by atoms with E-state index in [1.807, 2.05) is 30.5 Å². The Bertz CT molecular complexity index is 1130. The average Bonchev–Trinajstić information content (AvgIpc) is 2.80. The molecule has 1 atom stereocenters. The molecule has 0 aliphatic carbocycles. The molecule has 8 nitrogen and oxygen atoms in total. The van der Waals surface area contributed by atoms with E-state index in [0.717, 1.165) is 54.6 Å². The standard InChI is InChI=1S/C25H29N5O3/c1-16-21(14-27-25-24(16)29(2)9-10-33-25)30-8-7-18-13-26-22(12-19(18)15-30)28-20-5-3-17(4-6-20)11-23(31)32/h3-6,12-14,22,26,28H,7-11,15H2,1-2H3,(H,31,32). The minimum atomic E-state index is -0.822. The first-order valence-electron chi connectivity index (χ1n) is 11.3. The van der Waals surface area contributed by atoms with Gasteiger partial charge in [-0.05, 0) is 48.3 Å². The fourth-order valence-corrected chi connectivity index (χ4v) is 4.75. The van der Waals surface area contributed by atoms with Gasteiger partial charge >= 0.3 is 5.97 Å². The van der Waals surface area contributed by atoms with E-state index in [2.05, 4.69) is 51.7 Å². The Labute approximate surface area is 193 Å². The first kappa shape index (κ1) is 21.2. The van der Waals surface area contributed by atoms with E-state index in [-0.39, 0.29) is 12.6 Å². The summed E-state index contributed by atoms with van der Waals surface area (Å²) in [7, 11) is 2.09. The number of carbonyl (C=O) groups is 1. The van der Waals surface area contributed by atoms with E-state index < -0.39 is 5.97 Å². The smallest absolute Gasteiger partial charge is 0.307 e. The van der Waals surface area contributed by atoms with Crippen LogP contribution in [-0.2, 0) is 11.2 Å². The number of hydrogen-bond acceptors (Lipinski definition) is 7. The zero-order valence-corrected chi connectivity index (χ0v) is 19.0. The Morgan fingerprint density at radius 3 is 2.88 bits per heavy atom. The highest BCUT2D eigenvalue weighted by atomic mass is 16.5. The lowest BCUT2D eigenvalue weighted by atomic mass is 9.94. The highest BCUT2D eigenvalue weighted by Crippen LogP contribution is 2.39. The summed E-state index contributed by atoms with van der Waals surface area (Å²) in [4.78, 5) is 20.1. The fraction of sp³-hybridized carbons (Fsp3) is 0.360. The minimum absolute atomic E-state index is 0.0312. The molecule has 5 rings (SSSR count). The van der Waals surface area contributed by atoms with Crippen molar-refractivity contribution < 1.29 is 14.6 Å². The minimum Gasteiger partial charge on any atom is -0.481 e. The van der Waals surface area contributed by atoms with Crippen molar-refractivity contribution in [1.29, 1.82) is 0 Å². The number of aromatic nitrogens is 1. The Kier molecular flexibility index (Phi) is 5.58. The summed E-state index contributed by atoms with van der Waals surface area (Å²) in [5, 5.41) is 15.8. The molecule has 2 aromatic rings. The number of hydrogen-bond donors (Lipinski definition) is 3. The number of fused-ring (bicyclic) bond motifs is 2. The predicted octanol–water partition coefficient (Wildman–Crippen LogP) is 2.91. The number of aliphatic carboxylic acids is 1. The van der Waals surface area contributed by atoms with Crippen LogP contribution in [0.15, 0.2) is 53.9 Å². The van der Waals surface area contributed by atoms with E-state index in [0.29, 0.717) is 6.61 Å². The van der Waals surface area contributed by atoms with Crippen molar-refractivity contribution in [3.8, 4) is 5.88 Å². The fourth-order valence-electron chi connectivity index (χ4n) is 4.75. The molecular weight excluding hydrogens is 418 g/mol. The van der Waals surface area contributed by atoms with Gasteiger partial charge in [-0.1, -0.05) is 12.1 Å². The van der Waals surface area contributed by atoms with Gasteiger partial charge in [0.15, 0.2) is 0 Å². The van der Waals surface area contributed by atoms with E-state index in [9.17, 15) is 4.79 Å². The third kappa shape index (κ3) is 4.33. The number of likely N-dealkylation sites (N-methyl/N-ethyl adjacent to an activating group) is 1. The van der Waals surface area contributed by atoms with Crippen LogP contribution in [0.3, 0.4) is 0 Å². The molecule has 4 heterocycles. The van der Waals surface area contributed by atoms with Crippen LogP contribution < -0.4 is 25.2 Å². The maximum atomic E-state index is 10.9. The van der Waals surface area contributed by atoms with Crippen LogP contribution in [0.5, 0.6) is 5.88 Å². The van der Waals surface area contributed by atoms with Crippen molar-refractivity contribution >= 4 is 23.0 Å². The van der Waals surface area contributed by atoms with E-state index in [1.54, 1.807) is 0 Å². The maximum Gasteiger partial charge on any atom is 0.307 e. The molecule has 1 unspecified atom stereocenters. The number of benzene rings is 1. The molecule has 1 aromatic heterocycles. The lowest BCUT2D eigenvalue weighted by molar-refractivity contribution is -0.136. The number of ether oxygens (including phenoxy) is 1. The van der Waals surface area contributed by atoms with Crippen molar-refractivity contribution in [1.82, 2.24) is 10.3 Å². The summed E-state index contributed by atoms with van der Waals surface area (Å²) in [6, 6.07) is 7.54. The number of anilines is 3. The van der Waals surface area contributed by atoms with Crippen molar-refractivity contribution in [3.05, 3.63) is 65.0 Å². The van der Waals surface area contributed by atoms with Crippen LogP contribution in [0.2, 0.25) is 0 Å². The summed E-state index contributed by atoms with van der Waals surface area (Å²) in [5.41, 5.74) is 7.83. The molecule has 0 amide bonds. The van der Waals surface area contributed by atoms with Gasteiger partial charge in [0.1, 0.15) is 18.5 Å². The van der Waals surface area contributed by atoms with Crippen LogP contribution >= 0.6 is 0 Å². The zero-order valence-electron chi connectivity index (χ0n) is 19.0. The summed E-state index contributed by atoms with van der Waals surface area (Å²) < 4.78 is 5.76. The number of nitrogens with zero attached hydrogens (tertiary/aromatic N) is 3. The molecule has 0 saturated carbocycles. The first-order chi connectivity index (χ1) is 16.0. The Morgan fingerprint density at radius 1 is 1.27 bits per heavy atom. The number of rotatable bonds is 5. The van der Waals surface area contributed by atoms with Gasteiger partial charge in [0.05, 0.1) is 24.8 Å². The second kappa shape index (κ2) is 8.69. The summed E-state index contributed by atoms with van der Waals surface area (Å²) in [6.45, 7) is 5.47. The van der Waals surface area contributed by atoms with Crippen molar-refractivity contribution in [2.45, 2.75) is 25.9 Å². The molecule has 3 aliphatic heterocycles. The van der Waals surface area contributed by atoms with Crippen LogP contribution in [-0.4, -0.2) is 55.5 Å². The van der Waals surface area contributed by atoms with E-state index in [4.69, 9.17) is 9.84 Å². The first-order valence-corrected chi connectivity index (χ1v) is 11.3. The third-order valence-electron chi connectivity index (χ3n) is 6.50. The summed E-state index contributed by atoms with van der Waals surface area (Å²) in [5.74, 6) is -0.0974. The van der Waals surface area contributed by atoms with Gasteiger partial charge in [0, 0.05) is 37.6 Å². The number of piperidine rings is 1. The van der Waals surface area contributed by atoms with Gasteiger partial charge in [0.25, 0.3) is 0 Å². The predicted molar refractivity (Wildman–Crippen MR) is 129 cm³/mol. The van der Waals surface area contributed by atoms with Gasteiger partial charge in [-0.25, -0.2) is 4.98 Å². The molecule has 0 spiro atoms. The Morgan fingerprint density at radius 2 is 2.09 bits per heavy atom. The molecule has 0 radical (unpaired) electrons.